The van der Waals surface area contributed by atoms with Crippen molar-refractivity contribution >= 4 is 18.3 Å². The highest BCUT2D eigenvalue weighted by molar-refractivity contribution is 5.87. The van der Waals surface area contributed by atoms with Gasteiger partial charge < -0.3 is 0 Å². The van der Waals surface area contributed by atoms with Gasteiger partial charge in [0.05, 0.1) is 0 Å². The van der Waals surface area contributed by atoms with Crippen molar-refractivity contribution in [1.82, 2.24) is 10.4 Å². The van der Waals surface area contributed by atoms with Crippen molar-refractivity contribution in [2.75, 3.05) is 13.1 Å². The molecule has 0 aromatic heterocycles. The number of nitrogens with zero attached hydrogens (tertiary/aromatic N) is 1. The van der Waals surface area contributed by atoms with Crippen LogP contribution in [0.2, 0.25) is 0 Å². The van der Waals surface area contributed by atoms with Crippen LogP contribution in [0.15, 0.2) is 12.2 Å². The molecule has 0 bridgehead atoms. The lowest BCUT2D eigenvalue weighted by atomic mass is 10.3. The zero-order valence-corrected chi connectivity index (χ0v) is 8.35. The third kappa shape index (κ3) is 3.01. The predicted molar refractivity (Wildman–Crippen MR) is 53.4 cm³/mol. The summed E-state index contributed by atoms with van der Waals surface area (Å²) in [5, 5.41) is 1.69. The van der Waals surface area contributed by atoms with Gasteiger partial charge in [0.2, 0.25) is 0 Å². The normalized spacial score (nSPS) is 22.0. The van der Waals surface area contributed by atoms with Crippen LogP contribution >= 0.6 is 12.4 Å². The number of rotatable bonds is 2. The fourth-order valence-electron chi connectivity index (χ4n) is 1.32. The SMILES string of the molecule is Cl.O=C(/C=C/C1CC1)N1CCCN1. The Bertz CT molecular complexity index is 208. The van der Waals surface area contributed by atoms with E-state index in [1.165, 1.54) is 12.8 Å². The van der Waals surface area contributed by atoms with Crippen LogP contribution in [0.25, 0.3) is 0 Å². The smallest absolute Gasteiger partial charge is 0.260 e. The van der Waals surface area contributed by atoms with E-state index < -0.39 is 0 Å². The summed E-state index contributed by atoms with van der Waals surface area (Å²) in [7, 11) is 0. The number of nitrogens with one attached hydrogen (secondary N) is 1. The maximum atomic E-state index is 11.4. The summed E-state index contributed by atoms with van der Waals surface area (Å²) in [6, 6.07) is 0. The van der Waals surface area contributed by atoms with Gasteiger partial charge in [-0.05, 0) is 25.2 Å². The highest BCUT2D eigenvalue weighted by atomic mass is 35.5. The average Bonchev–Trinajstić information content (AvgIpc) is 2.74. The van der Waals surface area contributed by atoms with Crippen LogP contribution in [0.4, 0.5) is 0 Å². The molecule has 0 aromatic rings. The molecule has 74 valence electrons. The first-order chi connectivity index (χ1) is 5.86. The largest absolute Gasteiger partial charge is 0.274 e. The number of carbonyl (C=O) groups excluding carboxylic acids is 1. The molecule has 2 aliphatic rings. The summed E-state index contributed by atoms with van der Waals surface area (Å²) in [4.78, 5) is 11.4. The molecule has 0 spiro atoms. The topological polar surface area (TPSA) is 32.3 Å². The van der Waals surface area contributed by atoms with E-state index in [-0.39, 0.29) is 18.3 Å². The first kappa shape index (κ1) is 10.5. The van der Waals surface area contributed by atoms with Gasteiger partial charge in [-0.25, -0.2) is 5.43 Å². The number of halogens is 1. The van der Waals surface area contributed by atoms with E-state index >= 15 is 0 Å². The molecule has 4 heteroatoms. The Kier molecular flexibility index (Phi) is 3.75. The second-order valence-electron chi connectivity index (χ2n) is 3.45. The van der Waals surface area contributed by atoms with Crippen LogP contribution in [0, 0.1) is 5.92 Å². The van der Waals surface area contributed by atoms with Crippen LogP contribution < -0.4 is 5.43 Å². The van der Waals surface area contributed by atoms with Crippen molar-refractivity contribution in [1.29, 1.82) is 0 Å². The third-order valence-corrected chi connectivity index (χ3v) is 2.26. The Morgan fingerprint density at radius 2 is 2.23 bits per heavy atom. The van der Waals surface area contributed by atoms with E-state index in [1.807, 2.05) is 6.08 Å². The molecule has 0 aromatic carbocycles. The molecular formula is C9H15ClN2O. The van der Waals surface area contributed by atoms with E-state index in [2.05, 4.69) is 5.43 Å². The molecule has 0 unspecified atom stereocenters. The lowest BCUT2D eigenvalue weighted by Gasteiger charge is -2.11. The van der Waals surface area contributed by atoms with Crippen LogP contribution in [0.3, 0.4) is 0 Å². The predicted octanol–water partition coefficient (Wildman–Crippen LogP) is 1.11. The second-order valence-corrected chi connectivity index (χ2v) is 3.45. The number of hydrazine groups is 1. The van der Waals surface area contributed by atoms with Crippen LogP contribution in [-0.2, 0) is 4.79 Å². The molecular weight excluding hydrogens is 188 g/mol. The zero-order valence-electron chi connectivity index (χ0n) is 7.53. The van der Waals surface area contributed by atoms with Gasteiger partial charge >= 0.3 is 0 Å². The van der Waals surface area contributed by atoms with Crippen molar-refractivity contribution in [3.05, 3.63) is 12.2 Å². The fourth-order valence-corrected chi connectivity index (χ4v) is 1.32. The Morgan fingerprint density at radius 3 is 2.77 bits per heavy atom. The Morgan fingerprint density at radius 1 is 1.46 bits per heavy atom. The molecule has 1 heterocycles. The van der Waals surface area contributed by atoms with Gasteiger partial charge in [-0.15, -0.1) is 12.4 Å². The fraction of sp³-hybridized carbons (Fsp3) is 0.667. The molecule has 1 amide bonds. The maximum absolute atomic E-state index is 11.4. The number of amides is 1. The Labute approximate surface area is 84.6 Å². The van der Waals surface area contributed by atoms with Crippen molar-refractivity contribution in [3.63, 3.8) is 0 Å². The van der Waals surface area contributed by atoms with Gasteiger partial charge in [0.25, 0.3) is 5.91 Å². The molecule has 1 N–H and O–H groups in total. The molecule has 0 atom stereocenters. The Hall–Kier alpha value is -0.540. The van der Waals surface area contributed by atoms with Gasteiger partial charge in [-0.2, -0.15) is 0 Å². The molecule has 0 radical (unpaired) electrons. The molecule has 3 nitrogen and oxygen atoms in total. The monoisotopic (exact) mass is 202 g/mol. The summed E-state index contributed by atoms with van der Waals surface area (Å²) in [6.45, 7) is 1.79. The van der Waals surface area contributed by atoms with Gasteiger partial charge in [-0.3, -0.25) is 9.80 Å². The van der Waals surface area contributed by atoms with Crippen molar-refractivity contribution in [2.24, 2.45) is 5.92 Å². The van der Waals surface area contributed by atoms with Crippen molar-refractivity contribution < 1.29 is 4.79 Å². The molecule has 1 saturated heterocycles. The lowest BCUT2D eigenvalue weighted by Crippen LogP contribution is -2.35. The summed E-state index contributed by atoms with van der Waals surface area (Å²) in [5.41, 5.74) is 3.03. The summed E-state index contributed by atoms with van der Waals surface area (Å²) < 4.78 is 0. The van der Waals surface area contributed by atoms with Crippen molar-refractivity contribution in [2.45, 2.75) is 19.3 Å². The molecule has 1 aliphatic heterocycles. The van der Waals surface area contributed by atoms with E-state index in [1.54, 1.807) is 11.1 Å². The first-order valence-electron chi connectivity index (χ1n) is 4.59. The zero-order chi connectivity index (χ0) is 8.39. The minimum atomic E-state index is 0. The van der Waals surface area contributed by atoms with Gasteiger partial charge in [0.15, 0.2) is 0 Å². The molecule has 2 rings (SSSR count). The maximum Gasteiger partial charge on any atom is 0.260 e. The summed E-state index contributed by atoms with van der Waals surface area (Å²) in [5.74, 6) is 0.802. The van der Waals surface area contributed by atoms with Crippen LogP contribution in [-0.4, -0.2) is 24.0 Å². The molecule has 1 aliphatic carbocycles. The number of hydrogen-bond donors (Lipinski definition) is 1. The van der Waals surface area contributed by atoms with E-state index in [4.69, 9.17) is 0 Å². The Balaban J connectivity index is 0.000000845. The number of hydrogen-bond acceptors (Lipinski definition) is 2. The molecule has 2 fully saturated rings. The lowest BCUT2D eigenvalue weighted by molar-refractivity contribution is -0.127. The van der Waals surface area contributed by atoms with E-state index in [0.29, 0.717) is 5.92 Å². The minimum Gasteiger partial charge on any atom is -0.274 e. The van der Waals surface area contributed by atoms with E-state index in [0.717, 1.165) is 19.5 Å². The van der Waals surface area contributed by atoms with Gasteiger partial charge in [-0.1, -0.05) is 6.08 Å². The number of carbonyl (C=O) groups is 1. The molecule has 13 heavy (non-hydrogen) atoms. The highest BCUT2D eigenvalue weighted by Crippen LogP contribution is 2.29. The second kappa shape index (κ2) is 4.63. The number of allylic oxidation sites excluding steroid dienone is 1. The average molecular weight is 203 g/mol. The summed E-state index contributed by atoms with van der Waals surface area (Å²) in [6.07, 6.45) is 7.33. The van der Waals surface area contributed by atoms with Crippen LogP contribution in [0.5, 0.6) is 0 Å². The third-order valence-electron chi connectivity index (χ3n) is 2.26. The van der Waals surface area contributed by atoms with Gasteiger partial charge in [0.1, 0.15) is 0 Å². The highest BCUT2D eigenvalue weighted by Gasteiger charge is 2.19. The van der Waals surface area contributed by atoms with Gasteiger partial charge in [0, 0.05) is 19.2 Å². The first-order valence-corrected chi connectivity index (χ1v) is 4.59. The standard InChI is InChI=1S/C9H14N2O.ClH/c12-9(5-4-8-2-3-8)11-7-1-6-10-11;/h4-5,8,10H,1-3,6-7H2;1H/b5-4+;. The van der Waals surface area contributed by atoms with Crippen LogP contribution in [0.1, 0.15) is 19.3 Å². The van der Waals surface area contributed by atoms with E-state index in [9.17, 15) is 4.79 Å². The minimum absolute atomic E-state index is 0. The molecule has 1 saturated carbocycles. The van der Waals surface area contributed by atoms with Crippen molar-refractivity contribution in [3.8, 4) is 0 Å². The summed E-state index contributed by atoms with van der Waals surface area (Å²) >= 11 is 0. The quantitative estimate of drug-likeness (QED) is 0.681.